The number of hydrogen-bond donors (Lipinski definition) is 3. The van der Waals surface area contributed by atoms with Crippen molar-refractivity contribution in [3.05, 3.63) is 69.4 Å². The summed E-state index contributed by atoms with van der Waals surface area (Å²) in [5, 5.41) is 12.3. The first kappa shape index (κ1) is 14.9. The number of aliphatic hydroxyl groups is 1. The molecule has 21 heavy (non-hydrogen) atoms. The fourth-order valence-corrected chi connectivity index (χ4v) is 1.87. The van der Waals surface area contributed by atoms with Crippen LogP contribution in [0.4, 0.5) is 4.39 Å². The minimum absolute atomic E-state index is 0.0351. The Labute approximate surface area is 120 Å². The van der Waals surface area contributed by atoms with Crippen LogP contribution in [-0.2, 0) is 0 Å². The lowest BCUT2D eigenvalue weighted by atomic mass is 10.1. The summed E-state index contributed by atoms with van der Waals surface area (Å²) in [5.74, 6) is -1.06. The van der Waals surface area contributed by atoms with Gasteiger partial charge in [0.25, 0.3) is 11.5 Å². The number of H-pyrrole nitrogens is 1. The Kier molecular flexibility index (Phi) is 4.49. The van der Waals surface area contributed by atoms with Crippen molar-refractivity contribution < 1.29 is 14.3 Å². The van der Waals surface area contributed by atoms with Crippen LogP contribution >= 0.6 is 0 Å². The topological polar surface area (TPSA) is 82.2 Å². The fraction of sp³-hybridized carbons (Fsp3) is 0.200. The average Bonchev–Trinajstić information content (AvgIpc) is 2.44. The van der Waals surface area contributed by atoms with Crippen LogP contribution in [0.25, 0.3) is 0 Å². The number of aryl methyl sites for hydroxylation is 1. The zero-order chi connectivity index (χ0) is 15.4. The molecule has 3 N–H and O–H groups in total. The van der Waals surface area contributed by atoms with E-state index >= 15 is 0 Å². The summed E-state index contributed by atoms with van der Waals surface area (Å²) < 4.78 is 13.0. The fourth-order valence-electron chi connectivity index (χ4n) is 1.87. The molecule has 0 unspecified atom stereocenters. The summed E-state index contributed by atoms with van der Waals surface area (Å²) in [6.07, 6.45) is -1.05. The maximum Gasteiger partial charge on any atom is 0.260 e. The molecule has 2 aromatic rings. The van der Waals surface area contributed by atoms with Gasteiger partial charge in [0.1, 0.15) is 11.4 Å². The van der Waals surface area contributed by atoms with Gasteiger partial charge in [0.05, 0.1) is 6.10 Å². The number of amides is 1. The van der Waals surface area contributed by atoms with Gasteiger partial charge in [0.15, 0.2) is 0 Å². The molecule has 0 saturated carbocycles. The SMILES string of the molecule is Cc1ccc(C(=O)NC[C@@H](O)c2cccc(F)c2)c(=O)[nH]1. The van der Waals surface area contributed by atoms with E-state index in [4.69, 9.17) is 0 Å². The molecule has 1 atom stereocenters. The number of carbonyl (C=O) groups excluding carboxylic acids is 1. The molecule has 0 bridgehead atoms. The first-order chi connectivity index (χ1) is 9.97. The average molecular weight is 290 g/mol. The number of halogens is 1. The number of pyridine rings is 1. The molecular formula is C15H15FN2O3. The molecule has 0 aliphatic heterocycles. The summed E-state index contributed by atoms with van der Waals surface area (Å²) in [7, 11) is 0. The zero-order valence-electron chi connectivity index (χ0n) is 11.4. The number of carbonyl (C=O) groups is 1. The van der Waals surface area contributed by atoms with Crippen molar-refractivity contribution >= 4 is 5.91 Å². The van der Waals surface area contributed by atoms with Gasteiger partial charge in [-0.25, -0.2) is 4.39 Å². The minimum atomic E-state index is -1.05. The highest BCUT2D eigenvalue weighted by Gasteiger charge is 2.13. The molecule has 6 heteroatoms. The molecule has 0 radical (unpaired) electrons. The van der Waals surface area contributed by atoms with E-state index in [0.717, 1.165) is 0 Å². The van der Waals surface area contributed by atoms with E-state index in [1.54, 1.807) is 19.1 Å². The normalized spacial score (nSPS) is 12.0. The lowest BCUT2D eigenvalue weighted by molar-refractivity contribution is 0.0914. The second-order valence-electron chi connectivity index (χ2n) is 4.66. The smallest absolute Gasteiger partial charge is 0.260 e. The van der Waals surface area contributed by atoms with Crippen LogP contribution in [0, 0.1) is 12.7 Å². The molecule has 5 nitrogen and oxygen atoms in total. The maximum absolute atomic E-state index is 13.0. The van der Waals surface area contributed by atoms with Crippen LogP contribution in [0.2, 0.25) is 0 Å². The number of hydrogen-bond acceptors (Lipinski definition) is 3. The van der Waals surface area contributed by atoms with E-state index in [1.807, 2.05) is 0 Å². The summed E-state index contributed by atoms with van der Waals surface area (Å²) in [5.41, 5.74) is 0.476. The van der Waals surface area contributed by atoms with Gasteiger partial charge in [-0.3, -0.25) is 9.59 Å². The third kappa shape index (κ3) is 3.76. The van der Waals surface area contributed by atoms with Gasteiger partial charge in [-0.2, -0.15) is 0 Å². The summed E-state index contributed by atoms with van der Waals surface area (Å²) in [6.45, 7) is 1.59. The molecule has 0 aliphatic rings. The second kappa shape index (κ2) is 6.32. The number of aliphatic hydroxyl groups excluding tert-OH is 1. The van der Waals surface area contributed by atoms with Gasteiger partial charge in [-0.15, -0.1) is 0 Å². The maximum atomic E-state index is 13.0. The summed E-state index contributed by atoms with van der Waals surface area (Å²) >= 11 is 0. The molecule has 1 amide bonds. The van der Waals surface area contributed by atoms with Crippen molar-refractivity contribution in [3.63, 3.8) is 0 Å². The number of aromatic nitrogens is 1. The van der Waals surface area contributed by atoms with E-state index in [-0.39, 0.29) is 12.1 Å². The number of nitrogens with one attached hydrogen (secondary N) is 2. The van der Waals surface area contributed by atoms with Crippen LogP contribution in [0.5, 0.6) is 0 Å². The van der Waals surface area contributed by atoms with Gasteiger partial charge >= 0.3 is 0 Å². The molecular weight excluding hydrogens is 275 g/mol. The Hall–Kier alpha value is -2.47. The van der Waals surface area contributed by atoms with E-state index in [2.05, 4.69) is 10.3 Å². The van der Waals surface area contributed by atoms with Crippen LogP contribution in [0.15, 0.2) is 41.2 Å². The molecule has 1 aromatic heterocycles. The van der Waals surface area contributed by atoms with Crippen LogP contribution in [0.1, 0.15) is 27.7 Å². The Morgan fingerprint density at radius 2 is 2.14 bits per heavy atom. The molecule has 0 aliphatic carbocycles. The minimum Gasteiger partial charge on any atom is -0.387 e. The zero-order valence-corrected chi connectivity index (χ0v) is 11.4. The van der Waals surface area contributed by atoms with Crippen molar-refractivity contribution in [1.82, 2.24) is 10.3 Å². The first-order valence-corrected chi connectivity index (χ1v) is 6.39. The van der Waals surface area contributed by atoms with Gasteiger partial charge in [-0.1, -0.05) is 12.1 Å². The van der Waals surface area contributed by atoms with E-state index in [0.29, 0.717) is 11.3 Å². The lowest BCUT2D eigenvalue weighted by Gasteiger charge is -2.12. The molecule has 1 heterocycles. The van der Waals surface area contributed by atoms with Gasteiger partial charge in [-0.05, 0) is 36.8 Å². The van der Waals surface area contributed by atoms with Crippen LogP contribution in [-0.4, -0.2) is 22.5 Å². The standard InChI is InChI=1S/C15H15FN2O3/c1-9-5-6-12(15(21)18-9)14(20)17-8-13(19)10-3-2-4-11(16)7-10/h2-7,13,19H,8H2,1H3,(H,17,20)(H,18,21)/t13-/m1/s1. The third-order valence-corrected chi connectivity index (χ3v) is 2.99. The predicted molar refractivity (Wildman–Crippen MR) is 75.5 cm³/mol. The molecule has 0 fully saturated rings. The first-order valence-electron chi connectivity index (χ1n) is 6.39. The van der Waals surface area contributed by atoms with Crippen molar-refractivity contribution in [2.45, 2.75) is 13.0 Å². The van der Waals surface area contributed by atoms with Gasteiger partial charge in [0.2, 0.25) is 0 Å². The monoisotopic (exact) mass is 290 g/mol. The Morgan fingerprint density at radius 1 is 1.38 bits per heavy atom. The number of aromatic amines is 1. The summed E-state index contributed by atoms with van der Waals surface area (Å²) in [4.78, 5) is 26.0. The summed E-state index contributed by atoms with van der Waals surface area (Å²) in [6, 6.07) is 8.51. The van der Waals surface area contributed by atoms with Crippen molar-refractivity contribution in [3.8, 4) is 0 Å². The second-order valence-corrected chi connectivity index (χ2v) is 4.66. The number of benzene rings is 1. The Balaban J connectivity index is 2.02. The third-order valence-electron chi connectivity index (χ3n) is 2.99. The lowest BCUT2D eigenvalue weighted by Crippen LogP contribution is -2.32. The largest absolute Gasteiger partial charge is 0.387 e. The van der Waals surface area contributed by atoms with E-state index in [9.17, 15) is 19.1 Å². The van der Waals surface area contributed by atoms with Crippen molar-refractivity contribution in [2.75, 3.05) is 6.54 Å². The van der Waals surface area contributed by atoms with Crippen LogP contribution < -0.4 is 10.9 Å². The van der Waals surface area contributed by atoms with Crippen molar-refractivity contribution in [1.29, 1.82) is 0 Å². The van der Waals surface area contributed by atoms with Crippen LogP contribution in [0.3, 0.4) is 0 Å². The highest BCUT2D eigenvalue weighted by Crippen LogP contribution is 2.13. The Morgan fingerprint density at radius 3 is 2.81 bits per heavy atom. The van der Waals surface area contributed by atoms with Crippen molar-refractivity contribution in [2.24, 2.45) is 0 Å². The highest BCUT2D eigenvalue weighted by molar-refractivity contribution is 5.93. The number of rotatable bonds is 4. The van der Waals surface area contributed by atoms with Gasteiger partial charge < -0.3 is 15.4 Å². The molecule has 1 aromatic carbocycles. The van der Waals surface area contributed by atoms with E-state index in [1.165, 1.54) is 24.3 Å². The molecule has 2 rings (SSSR count). The molecule has 0 spiro atoms. The molecule has 0 saturated heterocycles. The molecule has 110 valence electrons. The van der Waals surface area contributed by atoms with Gasteiger partial charge in [0, 0.05) is 12.2 Å². The quantitative estimate of drug-likeness (QED) is 0.793. The van der Waals surface area contributed by atoms with E-state index < -0.39 is 23.4 Å². The Bertz CT molecular complexity index is 712. The highest BCUT2D eigenvalue weighted by atomic mass is 19.1. The predicted octanol–water partition coefficient (Wildman–Crippen LogP) is 1.29.